The Balaban J connectivity index is 2.62. The van der Waals surface area contributed by atoms with E-state index < -0.39 is 5.97 Å². The quantitative estimate of drug-likeness (QED) is 0.501. The molecule has 2 rings (SSSR count). The van der Waals surface area contributed by atoms with Crippen LogP contribution < -0.4 is 11.6 Å². The summed E-state index contributed by atoms with van der Waals surface area (Å²) >= 11 is 0. The van der Waals surface area contributed by atoms with E-state index in [0.29, 0.717) is 16.8 Å². The normalized spacial score (nSPS) is 12.1. The Kier molecular flexibility index (Phi) is 5.42. The average Bonchev–Trinajstić information content (AvgIpc) is 2.92. The number of ether oxygens (including phenoxy) is 1. The molecule has 6 heteroatoms. The standard InChI is InChI=1S/C18H22N4O2/c1-12(2)21-10-9-15(19)14-11-22(20)17(18(23)24-3)16(14)13-7-5-4-6-8-13/h4-12H,19-20H2,1-3H3/b15-9-,21-10?. The zero-order chi connectivity index (χ0) is 17.7. The van der Waals surface area contributed by atoms with E-state index in [1.54, 1.807) is 18.5 Å². The Labute approximate surface area is 141 Å². The lowest BCUT2D eigenvalue weighted by molar-refractivity contribution is 0.0592. The fourth-order valence-corrected chi connectivity index (χ4v) is 2.33. The van der Waals surface area contributed by atoms with Crippen LogP contribution in [0.25, 0.3) is 16.8 Å². The van der Waals surface area contributed by atoms with Crippen molar-refractivity contribution in [2.45, 2.75) is 19.9 Å². The summed E-state index contributed by atoms with van der Waals surface area (Å²) in [6.07, 6.45) is 4.97. The monoisotopic (exact) mass is 326 g/mol. The van der Waals surface area contributed by atoms with Crippen molar-refractivity contribution in [1.82, 2.24) is 4.68 Å². The zero-order valence-electron chi connectivity index (χ0n) is 14.1. The number of esters is 1. The highest BCUT2D eigenvalue weighted by atomic mass is 16.5. The summed E-state index contributed by atoms with van der Waals surface area (Å²) in [5.41, 5.74) is 9.02. The van der Waals surface area contributed by atoms with E-state index in [1.807, 2.05) is 44.2 Å². The van der Waals surface area contributed by atoms with E-state index in [9.17, 15) is 4.79 Å². The summed E-state index contributed by atoms with van der Waals surface area (Å²) in [4.78, 5) is 16.4. The Bertz CT molecular complexity index is 774. The summed E-state index contributed by atoms with van der Waals surface area (Å²) < 4.78 is 6.10. The molecule has 0 radical (unpaired) electrons. The third-order valence-corrected chi connectivity index (χ3v) is 3.42. The molecular weight excluding hydrogens is 304 g/mol. The van der Waals surface area contributed by atoms with Crippen LogP contribution in [0.1, 0.15) is 29.9 Å². The molecule has 6 nitrogen and oxygen atoms in total. The second-order valence-electron chi connectivity index (χ2n) is 5.55. The topological polar surface area (TPSA) is 95.6 Å². The van der Waals surface area contributed by atoms with Gasteiger partial charge in [-0.3, -0.25) is 9.67 Å². The minimum absolute atomic E-state index is 0.174. The van der Waals surface area contributed by atoms with Crippen molar-refractivity contribution in [2.75, 3.05) is 13.0 Å². The number of nitrogens with zero attached hydrogens (tertiary/aromatic N) is 2. The molecule has 0 spiro atoms. The molecular formula is C18H22N4O2. The van der Waals surface area contributed by atoms with Gasteiger partial charge in [0, 0.05) is 35.3 Å². The van der Waals surface area contributed by atoms with E-state index in [-0.39, 0.29) is 11.7 Å². The van der Waals surface area contributed by atoms with Crippen LogP contribution in [-0.4, -0.2) is 30.0 Å². The van der Waals surface area contributed by atoms with E-state index >= 15 is 0 Å². The van der Waals surface area contributed by atoms with E-state index in [2.05, 4.69) is 4.99 Å². The molecule has 24 heavy (non-hydrogen) atoms. The van der Waals surface area contributed by atoms with Crippen molar-refractivity contribution < 1.29 is 9.53 Å². The minimum Gasteiger partial charge on any atom is -0.464 e. The van der Waals surface area contributed by atoms with Crippen molar-refractivity contribution in [3.63, 3.8) is 0 Å². The number of nitrogens with two attached hydrogens (primary N) is 2. The lowest BCUT2D eigenvalue weighted by Crippen LogP contribution is -2.17. The third kappa shape index (κ3) is 3.65. The van der Waals surface area contributed by atoms with Gasteiger partial charge >= 0.3 is 5.97 Å². The molecule has 1 aromatic heterocycles. The second kappa shape index (κ2) is 7.50. The predicted octanol–water partition coefficient (Wildman–Crippen LogP) is 2.43. The molecule has 0 bridgehead atoms. The molecule has 0 aliphatic heterocycles. The maximum absolute atomic E-state index is 12.2. The fraction of sp³-hybridized carbons (Fsp3) is 0.222. The molecule has 0 aliphatic rings. The number of hydrogen-bond acceptors (Lipinski definition) is 5. The summed E-state index contributed by atoms with van der Waals surface area (Å²) in [5, 5.41) is 0. The van der Waals surface area contributed by atoms with Gasteiger partial charge in [0.15, 0.2) is 5.69 Å². The van der Waals surface area contributed by atoms with Gasteiger partial charge in [0.05, 0.1) is 7.11 Å². The van der Waals surface area contributed by atoms with Gasteiger partial charge in [-0.15, -0.1) is 0 Å². The van der Waals surface area contributed by atoms with Crippen LogP contribution >= 0.6 is 0 Å². The number of carbonyl (C=O) groups excluding carboxylic acids is 1. The molecule has 0 fully saturated rings. The number of carbonyl (C=O) groups is 1. The highest BCUT2D eigenvalue weighted by molar-refractivity contribution is 6.00. The molecule has 0 unspecified atom stereocenters. The number of nitrogen functional groups attached to an aromatic ring is 1. The van der Waals surface area contributed by atoms with Gasteiger partial charge in [-0.05, 0) is 25.5 Å². The lowest BCUT2D eigenvalue weighted by atomic mass is 9.99. The van der Waals surface area contributed by atoms with Crippen LogP contribution in [0, 0.1) is 0 Å². The largest absolute Gasteiger partial charge is 0.464 e. The Morgan fingerprint density at radius 2 is 1.96 bits per heavy atom. The van der Waals surface area contributed by atoms with Crippen LogP contribution in [0.15, 0.2) is 47.6 Å². The van der Waals surface area contributed by atoms with Crippen molar-refractivity contribution in [3.8, 4) is 11.1 Å². The number of rotatable bonds is 5. The SMILES string of the molecule is COC(=O)c1c(-c2ccccc2)c(/C(N)=C/C=NC(C)C)cn1N. The molecule has 0 saturated carbocycles. The average molecular weight is 326 g/mol. The van der Waals surface area contributed by atoms with Crippen molar-refractivity contribution in [1.29, 1.82) is 0 Å². The predicted molar refractivity (Wildman–Crippen MR) is 97.2 cm³/mol. The van der Waals surface area contributed by atoms with Crippen molar-refractivity contribution in [3.05, 3.63) is 53.9 Å². The van der Waals surface area contributed by atoms with Crippen molar-refractivity contribution >= 4 is 17.9 Å². The maximum atomic E-state index is 12.2. The first kappa shape index (κ1) is 17.3. The molecule has 0 atom stereocenters. The first-order valence-electron chi connectivity index (χ1n) is 7.59. The van der Waals surface area contributed by atoms with E-state index in [4.69, 9.17) is 16.3 Å². The lowest BCUT2D eigenvalue weighted by Gasteiger charge is -2.08. The molecule has 126 valence electrons. The van der Waals surface area contributed by atoms with Crippen molar-refractivity contribution in [2.24, 2.45) is 10.7 Å². The van der Waals surface area contributed by atoms with E-state index in [0.717, 1.165) is 5.56 Å². The molecule has 0 saturated heterocycles. The van der Waals surface area contributed by atoms with Crippen LogP contribution in [0.2, 0.25) is 0 Å². The number of hydrogen-bond donors (Lipinski definition) is 2. The number of aliphatic imine (C=N–C) groups is 1. The molecule has 2 aromatic rings. The van der Waals surface area contributed by atoms with Crippen LogP contribution in [0.5, 0.6) is 0 Å². The number of methoxy groups -OCH3 is 1. The Morgan fingerprint density at radius 3 is 2.54 bits per heavy atom. The van der Waals surface area contributed by atoms with Gasteiger partial charge in [0.25, 0.3) is 0 Å². The molecule has 1 heterocycles. The molecule has 0 aliphatic carbocycles. The molecule has 4 N–H and O–H groups in total. The highest BCUT2D eigenvalue weighted by Gasteiger charge is 2.23. The van der Waals surface area contributed by atoms with Gasteiger partial charge in [-0.25, -0.2) is 4.79 Å². The first-order chi connectivity index (χ1) is 11.5. The molecule has 0 amide bonds. The summed E-state index contributed by atoms with van der Waals surface area (Å²) in [6.45, 7) is 3.95. The number of benzene rings is 1. The maximum Gasteiger partial charge on any atom is 0.357 e. The second-order valence-corrected chi connectivity index (χ2v) is 5.55. The zero-order valence-corrected chi connectivity index (χ0v) is 14.1. The van der Waals surface area contributed by atoms with Gasteiger partial charge in [-0.2, -0.15) is 0 Å². The Hall–Kier alpha value is -3.02. The minimum atomic E-state index is -0.522. The number of allylic oxidation sites excluding steroid dienone is 1. The summed E-state index contributed by atoms with van der Waals surface area (Å²) in [6, 6.07) is 9.62. The van der Waals surface area contributed by atoms with Crippen LogP contribution in [-0.2, 0) is 4.74 Å². The third-order valence-electron chi connectivity index (χ3n) is 3.42. The van der Waals surface area contributed by atoms with Crippen LogP contribution in [0.3, 0.4) is 0 Å². The summed E-state index contributed by atoms with van der Waals surface area (Å²) in [7, 11) is 1.32. The van der Waals surface area contributed by atoms with Gasteiger partial charge in [0.2, 0.25) is 0 Å². The van der Waals surface area contributed by atoms with Gasteiger partial charge in [0.1, 0.15) is 0 Å². The van der Waals surface area contributed by atoms with Crippen LogP contribution in [0.4, 0.5) is 0 Å². The summed E-state index contributed by atoms with van der Waals surface area (Å²) in [5.74, 6) is 5.45. The highest BCUT2D eigenvalue weighted by Crippen LogP contribution is 2.32. The smallest absolute Gasteiger partial charge is 0.357 e. The van der Waals surface area contributed by atoms with E-state index in [1.165, 1.54) is 11.8 Å². The van der Waals surface area contributed by atoms with Gasteiger partial charge in [-0.1, -0.05) is 30.3 Å². The molecule has 1 aromatic carbocycles. The fourth-order valence-electron chi connectivity index (χ4n) is 2.33. The Morgan fingerprint density at radius 1 is 1.29 bits per heavy atom. The number of aromatic nitrogens is 1. The van der Waals surface area contributed by atoms with Gasteiger partial charge < -0.3 is 16.3 Å². The first-order valence-corrected chi connectivity index (χ1v) is 7.59.